The molecule has 0 radical (unpaired) electrons. The summed E-state index contributed by atoms with van der Waals surface area (Å²) in [7, 11) is 0. The molecule has 0 saturated heterocycles. The van der Waals surface area contributed by atoms with Crippen molar-refractivity contribution in [2.24, 2.45) is 0 Å². The number of benzene rings is 1. The second-order valence-electron chi connectivity index (χ2n) is 4.74. The predicted octanol–water partition coefficient (Wildman–Crippen LogP) is 4.10. The summed E-state index contributed by atoms with van der Waals surface area (Å²) in [5.41, 5.74) is 0.976. The number of hydrogen-bond acceptors (Lipinski definition) is 2. The number of hydrogen-bond donors (Lipinski definition) is 1. The third-order valence-electron chi connectivity index (χ3n) is 3.11. The maximum absolute atomic E-state index is 9.91. The number of aliphatic hydroxyl groups is 1. The molecule has 0 aliphatic heterocycles. The molecule has 0 bridgehead atoms. The van der Waals surface area contributed by atoms with Gasteiger partial charge in [0.05, 0.1) is 6.10 Å². The summed E-state index contributed by atoms with van der Waals surface area (Å²) in [4.78, 5) is 0. The standard InChI is InChI=1S/C16H26O2/c1-2-3-4-5-9-13-18-14-12-16(17)15-10-7-6-8-11-15/h6-8,10-11,16-17H,2-5,9,12-14H2,1H3. The van der Waals surface area contributed by atoms with Gasteiger partial charge < -0.3 is 9.84 Å². The van der Waals surface area contributed by atoms with Gasteiger partial charge >= 0.3 is 0 Å². The SMILES string of the molecule is CCCCCCCOCCC(O)c1ccccc1. The minimum Gasteiger partial charge on any atom is -0.388 e. The first-order valence-corrected chi connectivity index (χ1v) is 7.15. The summed E-state index contributed by atoms with van der Waals surface area (Å²) in [6.45, 7) is 3.69. The molecule has 2 heteroatoms. The van der Waals surface area contributed by atoms with Crippen LogP contribution in [0.5, 0.6) is 0 Å². The highest BCUT2D eigenvalue weighted by Crippen LogP contribution is 2.15. The third-order valence-corrected chi connectivity index (χ3v) is 3.11. The number of aliphatic hydroxyl groups excluding tert-OH is 1. The molecule has 1 aromatic carbocycles. The minimum absolute atomic E-state index is 0.397. The molecule has 0 fully saturated rings. The fraction of sp³-hybridized carbons (Fsp3) is 0.625. The molecular weight excluding hydrogens is 224 g/mol. The molecule has 1 rings (SSSR count). The van der Waals surface area contributed by atoms with E-state index in [1.807, 2.05) is 30.3 Å². The van der Waals surface area contributed by atoms with Crippen LogP contribution < -0.4 is 0 Å². The van der Waals surface area contributed by atoms with Crippen molar-refractivity contribution in [3.05, 3.63) is 35.9 Å². The van der Waals surface area contributed by atoms with Crippen molar-refractivity contribution in [1.82, 2.24) is 0 Å². The van der Waals surface area contributed by atoms with E-state index in [1.54, 1.807) is 0 Å². The van der Waals surface area contributed by atoms with E-state index < -0.39 is 6.10 Å². The first kappa shape index (κ1) is 15.2. The minimum atomic E-state index is -0.397. The van der Waals surface area contributed by atoms with Gasteiger partial charge in [-0.3, -0.25) is 0 Å². The Bertz CT molecular complexity index is 284. The zero-order valence-corrected chi connectivity index (χ0v) is 11.5. The smallest absolute Gasteiger partial charge is 0.0812 e. The fourth-order valence-electron chi connectivity index (χ4n) is 1.95. The molecule has 102 valence electrons. The molecule has 0 aliphatic carbocycles. The summed E-state index contributed by atoms with van der Waals surface area (Å²) in [6, 6.07) is 9.77. The Balaban J connectivity index is 1.98. The fourth-order valence-corrected chi connectivity index (χ4v) is 1.95. The summed E-state index contributed by atoms with van der Waals surface area (Å²) < 4.78 is 5.55. The average Bonchev–Trinajstić information content (AvgIpc) is 2.42. The van der Waals surface area contributed by atoms with E-state index in [0.717, 1.165) is 18.6 Å². The highest BCUT2D eigenvalue weighted by molar-refractivity contribution is 5.16. The lowest BCUT2D eigenvalue weighted by Crippen LogP contribution is -2.04. The van der Waals surface area contributed by atoms with Crippen molar-refractivity contribution in [3.63, 3.8) is 0 Å². The highest BCUT2D eigenvalue weighted by Gasteiger charge is 2.05. The summed E-state index contributed by atoms with van der Waals surface area (Å²) in [5, 5.41) is 9.91. The van der Waals surface area contributed by atoms with E-state index in [2.05, 4.69) is 6.92 Å². The lowest BCUT2D eigenvalue weighted by Gasteiger charge is -2.11. The van der Waals surface area contributed by atoms with Crippen molar-refractivity contribution in [2.45, 2.75) is 51.6 Å². The molecule has 18 heavy (non-hydrogen) atoms. The Morgan fingerprint density at radius 2 is 1.72 bits per heavy atom. The van der Waals surface area contributed by atoms with E-state index in [0.29, 0.717) is 13.0 Å². The van der Waals surface area contributed by atoms with E-state index in [9.17, 15) is 5.11 Å². The Labute approximate surface area is 111 Å². The van der Waals surface area contributed by atoms with E-state index >= 15 is 0 Å². The van der Waals surface area contributed by atoms with Gasteiger partial charge in [-0.1, -0.05) is 62.9 Å². The van der Waals surface area contributed by atoms with Gasteiger partial charge in [0.25, 0.3) is 0 Å². The van der Waals surface area contributed by atoms with Gasteiger partial charge in [-0.05, 0) is 12.0 Å². The van der Waals surface area contributed by atoms with Crippen LogP contribution in [0.3, 0.4) is 0 Å². The Kier molecular flexibility index (Phi) is 8.53. The average molecular weight is 250 g/mol. The molecule has 1 N–H and O–H groups in total. The normalized spacial score (nSPS) is 12.6. The molecule has 2 nitrogen and oxygen atoms in total. The van der Waals surface area contributed by atoms with Gasteiger partial charge in [0, 0.05) is 19.6 Å². The van der Waals surface area contributed by atoms with Crippen molar-refractivity contribution in [1.29, 1.82) is 0 Å². The van der Waals surface area contributed by atoms with Gasteiger partial charge in [-0.25, -0.2) is 0 Å². The summed E-state index contributed by atoms with van der Waals surface area (Å²) in [5.74, 6) is 0. The van der Waals surface area contributed by atoms with Crippen LogP contribution in [0.25, 0.3) is 0 Å². The molecule has 1 aromatic rings. The largest absolute Gasteiger partial charge is 0.388 e. The second-order valence-corrected chi connectivity index (χ2v) is 4.74. The maximum Gasteiger partial charge on any atom is 0.0812 e. The lowest BCUT2D eigenvalue weighted by molar-refractivity contribution is 0.0798. The Morgan fingerprint density at radius 3 is 2.44 bits per heavy atom. The maximum atomic E-state index is 9.91. The second kappa shape index (κ2) is 10.1. The summed E-state index contributed by atoms with van der Waals surface area (Å²) in [6.07, 6.45) is 6.60. The topological polar surface area (TPSA) is 29.5 Å². The van der Waals surface area contributed by atoms with Crippen LogP contribution in [0, 0.1) is 0 Å². The molecule has 0 aromatic heterocycles. The summed E-state index contributed by atoms with van der Waals surface area (Å²) >= 11 is 0. The van der Waals surface area contributed by atoms with Gasteiger partial charge in [-0.15, -0.1) is 0 Å². The molecule has 0 heterocycles. The number of ether oxygens (including phenoxy) is 1. The molecular formula is C16H26O2. The molecule has 1 unspecified atom stereocenters. The van der Waals surface area contributed by atoms with Crippen LogP contribution in [-0.4, -0.2) is 18.3 Å². The van der Waals surface area contributed by atoms with Gasteiger partial charge in [-0.2, -0.15) is 0 Å². The predicted molar refractivity (Wildman–Crippen MR) is 75.6 cm³/mol. The number of rotatable bonds is 10. The molecule has 0 spiro atoms. The Morgan fingerprint density at radius 1 is 1.00 bits per heavy atom. The van der Waals surface area contributed by atoms with Gasteiger partial charge in [0.15, 0.2) is 0 Å². The quantitative estimate of drug-likeness (QED) is 0.634. The highest BCUT2D eigenvalue weighted by atomic mass is 16.5. The lowest BCUT2D eigenvalue weighted by atomic mass is 10.1. The van der Waals surface area contributed by atoms with Crippen LogP contribution in [0.15, 0.2) is 30.3 Å². The van der Waals surface area contributed by atoms with Crippen molar-refractivity contribution < 1.29 is 9.84 Å². The molecule has 0 amide bonds. The molecule has 0 saturated carbocycles. The molecule has 1 atom stereocenters. The monoisotopic (exact) mass is 250 g/mol. The van der Waals surface area contributed by atoms with Crippen LogP contribution in [-0.2, 0) is 4.74 Å². The zero-order chi connectivity index (χ0) is 13.1. The van der Waals surface area contributed by atoms with E-state index in [1.165, 1.54) is 25.7 Å². The van der Waals surface area contributed by atoms with Crippen LogP contribution in [0.4, 0.5) is 0 Å². The van der Waals surface area contributed by atoms with Gasteiger partial charge in [0.2, 0.25) is 0 Å². The van der Waals surface area contributed by atoms with Crippen LogP contribution in [0.2, 0.25) is 0 Å². The first-order valence-electron chi connectivity index (χ1n) is 7.15. The molecule has 0 aliphatic rings. The zero-order valence-electron chi connectivity index (χ0n) is 11.5. The van der Waals surface area contributed by atoms with E-state index in [4.69, 9.17) is 4.74 Å². The number of unbranched alkanes of at least 4 members (excludes halogenated alkanes) is 4. The van der Waals surface area contributed by atoms with Crippen LogP contribution in [0.1, 0.15) is 57.1 Å². The van der Waals surface area contributed by atoms with Crippen molar-refractivity contribution in [2.75, 3.05) is 13.2 Å². The van der Waals surface area contributed by atoms with Crippen molar-refractivity contribution in [3.8, 4) is 0 Å². The Hall–Kier alpha value is -0.860. The third kappa shape index (κ3) is 6.77. The van der Waals surface area contributed by atoms with E-state index in [-0.39, 0.29) is 0 Å². The van der Waals surface area contributed by atoms with Crippen LogP contribution >= 0.6 is 0 Å². The van der Waals surface area contributed by atoms with Crippen molar-refractivity contribution >= 4 is 0 Å². The first-order chi connectivity index (χ1) is 8.84. The van der Waals surface area contributed by atoms with Gasteiger partial charge in [0.1, 0.15) is 0 Å².